The third-order valence-electron chi connectivity index (χ3n) is 5.79. The molecule has 0 radical (unpaired) electrons. The fourth-order valence-electron chi connectivity index (χ4n) is 4.17. The van der Waals surface area contributed by atoms with E-state index in [2.05, 4.69) is 48.3 Å². The average Bonchev–Trinajstić information content (AvgIpc) is 3.31. The highest BCUT2D eigenvalue weighted by Gasteiger charge is 2.42. The summed E-state index contributed by atoms with van der Waals surface area (Å²) in [5.41, 5.74) is 1.51. The Balaban J connectivity index is 1.76. The summed E-state index contributed by atoms with van der Waals surface area (Å²) in [5.74, 6) is 1.93. The summed E-state index contributed by atoms with van der Waals surface area (Å²) < 4.78 is 11.3. The van der Waals surface area contributed by atoms with Gasteiger partial charge in [-0.3, -0.25) is 4.99 Å². The average molecular weight is 375 g/mol. The Hall–Kier alpha value is -1.79. The summed E-state index contributed by atoms with van der Waals surface area (Å²) >= 11 is 0. The van der Waals surface area contributed by atoms with E-state index in [-0.39, 0.29) is 6.04 Å². The van der Waals surface area contributed by atoms with Crippen LogP contribution in [0.15, 0.2) is 29.3 Å². The van der Waals surface area contributed by atoms with Gasteiger partial charge in [0.1, 0.15) is 5.75 Å². The maximum atomic E-state index is 5.68. The largest absolute Gasteiger partial charge is 0.496 e. The van der Waals surface area contributed by atoms with Crippen LogP contribution in [0.5, 0.6) is 5.75 Å². The Kier molecular flexibility index (Phi) is 6.60. The van der Waals surface area contributed by atoms with Gasteiger partial charge in [0.25, 0.3) is 0 Å². The number of nitrogens with zero attached hydrogens (tertiary/aromatic N) is 3. The second-order valence-corrected chi connectivity index (χ2v) is 7.89. The molecule has 2 heterocycles. The van der Waals surface area contributed by atoms with E-state index in [4.69, 9.17) is 14.5 Å². The zero-order valence-corrected chi connectivity index (χ0v) is 17.2. The number of nitrogens with one attached hydrogen (secondary N) is 1. The molecule has 6 heteroatoms. The topological polar surface area (TPSA) is 49.3 Å². The SMILES string of the molecule is CCNC(=NCC(c1ccccc1OC)N(C)C)N1CCC2(CCOC2)C1. The third kappa shape index (κ3) is 4.55. The van der Waals surface area contributed by atoms with Crippen molar-refractivity contribution >= 4 is 5.96 Å². The Morgan fingerprint density at radius 3 is 2.85 bits per heavy atom. The van der Waals surface area contributed by atoms with Gasteiger partial charge in [-0.05, 0) is 39.9 Å². The van der Waals surface area contributed by atoms with Crippen LogP contribution >= 0.6 is 0 Å². The molecule has 0 saturated carbocycles. The van der Waals surface area contributed by atoms with Gasteiger partial charge >= 0.3 is 0 Å². The molecule has 0 aliphatic carbocycles. The van der Waals surface area contributed by atoms with Crippen LogP contribution in [0.2, 0.25) is 0 Å². The predicted octanol–water partition coefficient (Wildman–Crippen LogP) is 2.38. The zero-order valence-electron chi connectivity index (χ0n) is 17.2. The van der Waals surface area contributed by atoms with Gasteiger partial charge < -0.3 is 24.6 Å². The lowest BCUT2D eigenvalue weighted by atomic mass is 9.87. The van der Waals surface area contributed by atoms with Gasteiger partial charge in [0, 0.05) is 37.2 Å². The van der Waals surface area contributed by atoms with Gasteiger partial charge in [0.15, 0.2) is 5.96 Å². The Morgan fingerprint density at radius 1 is 1.37 bits per heavy atom. The zero-order chi connectivity index (χ0) is 19.3. The van der Waals surface area contributed by atoms with Crippen molar-refractivity contribution in [1.82, 2.24) is 15.1 Å². The van der Waals surface area contributed by atoms with Crippen molar-refractivity contribution in [2.75, 3.05) is 60.6 Å². The molecule has 27 heavy (non-hydrogen) atoms. The van der Waals surface area contributed by atoms with E-state index >= 15 is 0 Å². The molecule has 1 N–H and O–H groups in total. The fourth-order valence-corrected chi connectivity index (χ4v) is 4.17. The lowest BCUT2D eigenvalue weighted by molar-refractivity contribution is 0.156. The smallest absolute Gasteiger partial charge is 0.194 e. The molecule has 2 atom stereocenters. The van der Waals surface area contributed by atoms with Crippen LogP contribution < -0.4 is 10.1 Å². The van der Waals surface area contributed by atoms with E-state index in [1.807, 2.05) is 12.1 Å². The normalized spacial score (nSPS) is 24.0. The minimum Gasteiger partial charge on any atom is -0.496 e. The van der Waals surface area contributed by atoms with Crippen molar-refractivity contribution in [2.45, 2.75) is 25.8 Å². The third-order valence-corrected chi connectivity index (χ3v) is 5.79. The molecule has 150 valence electrons. The van der Waals surface area contributed by atoms with E-state index in [1.165, 1.54) is 18.4 Å². The van der Waals surface area contributed by atoms with Gasteiger partial charge in [0.2, 0.25) is 0 Å². The molecule has 6 nitrogen and oxygen atoms in total. The first kappa shape index (κ1) is 20.0. The molecule has 2 unspecified atom stereocenters. The molecule has 2 aliphatic rings. The standard InChI is InChI=1S/C21H34N4O2/c1-5-22-20(25-12-10-21(15-25)11-13-27-16-21)23-14-18(24(2)3)17-8-6-7-9-19(17)26-4/h6-9,18H,5,10-16H2,1-4H3,(H,22,23). The van der Waals surface area contributed by atoms with Crippen LogP contribution in [-0.4, -0.2) is 76.4 Å². The summed E-state index contributed by atoms with van der Waals surface area (Å²) in [6.45, 7) is 7.58. The van der Waals surface area contributed by atoms with Crippen molar-refractivity contribution in [2.24, 2.45) is 10.4 Å². The summed E-state index contributed by atoms with van der Waals surface area (Å²) in [6.07, 6.45) is 2.37. The van der Waals surface area contributed by atoms with Gasteiger partial charge in [0.05, 0.1) is 26.3 Å². The number of guanidine groups is 1. The van der Waals surface area contributed by atoms with E-state index < -0.39 is 0 Å². The molecule has 2 saturated heterocycles. The number of rotatable bonds is 6. The number of hydrogen-bond acceptors (Lipinski definition) is 4. The molecule has 3 rings (SSSR count). The molecule has 0 aromatic heterocycles. The van der Waals surface area contributed by atoms with Crippen molar-refractivity contribution in [3.05, 3.63) is 29.8 Å². The number of methoxy groups -OCH3 is 1. The van der Waals surface area contributed by atoms with Crippen LogP contribution in [0.3, 0.4) is 0 Å². The molecule has 1 aromatic carbocycles. The van der Waals surface area contributed by atoms with Crippen molar-refractivity contribution < 1.29 is 9.47 Å². The second-order valence-electron chi connectivity index (χ2n) is 7.89. The number of benzene rings is 1. The van der Waals surface area contributed by atoms with Crippen molar-refractivity contribution in [3.63, 3.8) is 0 Å². The van der Waals surface area contributed by atoms with E-state index in [9.17, 15) is 0 Å². The minimum atomic E-state index is 0.168. The van der Waals surface area contributed by atoms with Gasteiger partial charge in [-0.2, -0.15) is 0 Å². The van der Waals surface area contributed by atoms with Crippen LogP contribution in [0.4, 0.5) is 0 Å². The van der Waals surface area contributed by atoms with Gasteiger partial charge in [-0.1, -0.05) is 18.2 Å². The highest BCUT2D eigenvalue weighted by molar-refractivity contribution is 5.80. The molecular formula is C21H34N4O2. The van der Waals surface area contributed by atoms with Crippen molar-refractivity contribution in [3.8, 4) is 5.75 Å². The molecule has 2 aliphatic heterocycles. The molecule has 1 aromatic rings. The number of ether oxygens (including phenoxy) is 2. The first-order chi connectivity index (χ1) is 13.1. The number of likely N-dealkylation sites (tertiary alicyclic amines) is 1. The van der Waals surface area contributed by atoms with Crippen LogP contribution in [-0.2, 0) is 4.74 Å². The van der Waals surface area contributed by atoms with E-state index in [0.29, 0.717) is 12.0 Å². The second kappa shape index (κ2) is 8.93. The first-order valence-electron chi connectivity index (χ1n) is 9.99. The van der Waals surface area contributed by atoms with Crippen molar-refractivity contribution in [1.29, 1.82) is 0 Å². The van der Waals surface area contributed by atoms with E-state index in [1.54, 1.807) is 7.11 Å². The van der Waals surface area contributed by atoms with Gasteiger partial charge in [-0.25, -0.2) is 0 Å². The highest BCUT2D eigenvalue weighted by Crippen LogP contribution is 2.38. The van der Waals surface area contributed by atoms with Crippen LogP contribution in [0, 0.1) is 5.41 Å². The first-order valence-corrected chi connectivity index (χ1v) is 9.99. The molecular weight excluding hydrogens is 340 g/mol. The van der Waals surface area contributed by atoms with E-state index in [0.717, 1.165) is 44.6 Å². The maximum Gasteiger partial charge on any atom is 0.194 e. The molecule has 0 amide bonds. The Bertz CT molecular complexity index is 641. The number of aliphatic imine (C=N–C) groups is 1. The molecule has 0 bridgehead atoms. The molecule has 1 spiro atoms. The maximum absolute atomic E-state index is 5.68. The summed E-state index contributed by atoms with van der Waals surface area (Å²) in [6, 6.07) is 8.39. The minimum absolute atomic E-state index is 0.168. The quantitative estimate of drug-likeness (QED) is 0.612. The Labute approximate surface area is 163 Å². The fraction of sp³-hybridized carbons (Fsp3) is 0.667. The molecule has 2 fully saturated rings. The number of para-hydroxylation sites is 1. The van der Waals surface area contributed by atoms with Crippen LogP contribution in [0.1, 0.15) is 31.4 Å². The highest BCUT2D eigenvalue weighted by atomic mass is 16.5. The number of likely N-dealkylation sites (N-methyl/N-ethyl adjacent to an activating group) is 1. The monoisotopic (exact) mass is 374 g/mol. The summed E-state index contributed by atoms with van der Waals surface area (Å²) in [5, 5.41) is 3.49. The summed E-state index contributed by atoms with van der Waals surface area (Å²) in [4.78, 5) is 9.64. The lowest BCUT2D eigenvalue weighted by Crippen LogP contribution is -2.42. The Morgan fingerprint density at radius 2 is 2.19 bits per heavy atom. The predicted molar refractivity (Wildman–Crippen MR) is 109 cm³/mol. The summed E-state index contributed by atoms with van der Waals surface area (Å²) in [7, 11) is 5.92. The van der Waals surface area contributed by atoms with Crippen LogP contribution in [0.25, 0.3) is 0 Å². The lowest BCUT2D eigenvalue weighted by Gasteiger charge is -2.27. The van der Waals surface area contributed by atoms with Gasteiger partial charge in [-0.15, -0.1) is 0 Å². The number of hydrogen-bond donors (Lipinski definition) is 1.